The van der Waals surface area contributed by atoms with Gasteiger partial charge in [0.25, 0.3) is 6.01 Å². The van der Waals surface area contributed by atoms with Crippen LogP contribution in [0.1, 0.15) is 5.56 Å². The Morgan fingerprint density at radius 3 is 2.51 bits per heavy atom. The molecule has 13 heteroatoms. The summed E-state index contributed by atoms with van der Waals surface area (Å²) >= 11 is 0. The lowest BCUT2D eigenvalue weighted by molar-refractivity contribution is -0.137. The number of nitrogens with two attached hydrogens (primary N) is 1. The molecule has 6 rings (SSSR count). The van der Waals surface area contributed by atoms with E-state index in [4.69, 9.17) is 10.2 Å². The van der Waals surface area contributed by atoms with E-state index in [1.54, 1.807) is 11.0 Å². The summed E-state index contributed by atoms with van der Waals surface area (Å²) in [6.45, 7) is 1.60. The van der Waals surface area contributed by atoms with E-state index in [1.807, 2.05) is 17.0 Å². The molecule has 0 spiro atoms. The number of hydrogen-bond acceptors (Lipinski definition) is 9. The first-order chi connectivity index (χ1) is 16.9. The van der Waals surface area contributed by atoms with E-state index in [2.05, 4.69) is 30.1 Å². The van der Waals surface area contributed by atoms with Gasteiger partial charge in [0.1, 0.15) is 23.5 Å². The molecule has 5 aromatic rings. The molecule has 1 saturated heterocycles. The van der Waals surface area contributed by atoms with Gasteiger partial charge in [-0.15, -0.1) is 0 Å². The third kappa shape index (κ3) is 3.64. The zero-order chi connectivity index (χ0) is 24.2. The average Bonchev–Trinajstić information content (AvgIpc) is 3.45. The van der Waals surface area contributed by atoms with Gasteiger partial charge >= 0.3 is 6.18 Å². The Balaban J connectivity index is 1.32. The molecule has 178 valence electrons. The summed E-state index contributed by atoms with van der Waals surface area (Å²) in [7, 11) is 0. The monoisotopic (exact) mass is 481 g/mol. The number of piperazine rings is 1. The molecule has 1 aliphatic rings. The Labute approximate surface area is 195 Å². The van der Waals surface area contributed by atoms with Crippen molar-refractivity contribution in [2.24, 2.45) is 0 Å². The van der Waals surface area contributed by atoms with Crippen molar-refractivity contribution < 1.29 is 17.6 Å². The molecule has 0 saturated carbocycles. The maximum atomic E-state index is 13.5. The number of oxazole rings is 1. The third-order valence-corrected chi connectivity index (χ3v) is 5.99. The van der Waals surface area contributed by atoms with E-state index in [0.29, 0.717) is 59.8 Å². The van der Waals surface area contributed by atoms with Gasteiger partial charge in [-0.05, 0) is 30.3 Å². The predicted octanol–water partition coefficient (Wildman–Crippen LogP) is 3.48. The highest BCUT2D eigenvalue weighted by atomic mass is 19.4. The summed E-state index contributed by atoms with van der Waals surface area (Å²) in [4.78, 5) is 20.6. The number of nitrogen functional groups attached to an aromatic ring is 1. The largest absolute Gasteiger partial charge is 0.424 e. The molecule has 0 atom stereocenters. The van der Waals surface area contributed by atoms with Crippen LogP contribution in [0.3, 0.4) is 0 Å². The van der Waals surface area contributed by atoms with Crippen LogP contribution in [0.5, 0.6) is 0 Å². The summed E-state index contributed by atoms with van der Waals surface area (Å²) in [5.41, 5.74) is 8.07. The molecule has 0 unspecified atom stereocenters. The number of benzene rings is 1. The number of anilines is 3. The fraction of sp³-hybridized carbons (Fsp3) is 0.227. The van der Waals surface area contributed by atoms with Crippen LogP contribution in [0.4, 0.5) is 30.8 Å². The van der Waals surface area contributed by atoms with Crippen molar-refractivity contribution in [3.8, 4) is 11.3 Å². The van der Waals surface area contributed by atoms with E-state index in [0.717, 1.165) is 11.6 Å². The Hall–Kier alpha value is -4.42. The number of pyridine rings is 1. The number of halogens is 3. The van der Waals surface area contributed by atoms with Crippen molar-refractivity contribution in [3.05, 3.63) is 48.4 Å². The molecular weight excluding hydrogens is 463 g/mol. The van der Waals surface area contributed by atoms with Gasteiger partial charge in [0.05, 0.1) is 16.6 Å². The lowest BCUT2D eigenvalue weighted by Crippen LogP contribution is -2.47. The lowest BCUT2D eigenvalue weighted by atomic mass is 10.1. The Bertz CT molecular complexity index is 1540. The number of H-pyrrole nitrogens is 1. The van der Waals surface area contributed by atoms with Crippen LogP contribution in [0.15, 0.2) is 47.3 Å². The van der Waals surface area contributed by atoms with Crippen LogP contribution in [-0.2, 0) is 6.18 Å². The van der Waals surface area contributed by atoms with Gasteiger partial charge in [-0.2, -0.15) is 23.3 Å². The predicted molar refractivity (Wildman–Crippen MR) is 123 cm³/mol. The summed E-state index contributed by atoms with van der Waals surface area (Å²) in [6.07, 6.45) is -1.67. The Kier molecular flexibility index (Phi) is 4.72. The second-order valence-electron chi connectivity index (χ2n) is 8.08. The van der Waals surface area contributed by atoms with Crippen LogP contribution in [0, 0.1) is 0 Å². The maximum absolute atomic E-state index is 13.5. The molecule has 0 radical (unpaired) electrons. The molecule has 5 heterocycles. The first-order valence-corrected chi connectivity index (χ1v) is 10.8. The topological polar surface area (TPSA) is 126 Å². The van der Waals surface area contributed by atoms with Crippen molar-refractivity contribution in [2.75, 3.05) is 41.7 Å². The van der Waals surface area contributed by atoms with Crippen molar-refractivity contribution in [1.82, 2.24) is 30.1 Å². The second kappa shape index (κ2) is 7.82. The van der Waals surface area contributed by atoms with Gasteiger partial charge in [0, 0.05) is 37.9 Å². The van der Waals surface area contributed by atoms with E-state index in [1.165, 1.54) is 18.6 Å². The second-order valence-corrected chi connectivity index (χ2v) is 8.08. The van der Waals surface area contributed by atoms with Gasteiger partial charge in [-0.3, -0.25) is 5.10 Å². The normalized spacial score (nSPS) is 14.8. The van der Waals surface area contributed by atoms with Crippen molar-refractivity contribution in [1.29, 1.82) is 0 Å². The average molecular weight is 481 g/mol. The smallest absolute Gasteiger partial charge is 0.419 e. The molecule has 3 N–H and O–H groups in total. The summed E-state index contributed by atoms with van der Waals surface area (Å²) < 4.78 is 45.8. The molecule has 4 aromatic heterocycles. The summed E-state index contributed by atoms with van der Waals surface area (Å²) in [6, 6.07) is 7.89. The zero-order valence-electron chi connectivity index (χ0n) is 18.1. The van der Waals surface area contributed by atoms with Crippen molar-refractivity contribution in [2.45, 2.75) is 6.18 Å². The maximum Gasteiger partial charge on any atom is 0.419 e. The highest BCUT2D eigenvalue weighted by Crippen LogP contribution is 2.37. The van der Waals surface area contributed by atoms with Crippen LogP contribution >= 0.6 is 0 Å². The minimum Gasteiger partial charge on any atom is -0.424 e. The number of rotatable bonds is 3. The first-order valence-electron chi connectivity index (χ1n) is 10.8. The molecule has 0 bridgehead atoms. The Morgan fingerprint density at radius 1 is 0.971 bits per heavy atom. The molecular formula is C22H18F3N9O. The van der Waals surface area contributed by atoms with E-state index < -0.39 is 11.7 Å². The number of aromatic nitrogens is 6. The molecule has 1 aromatic carbocycles. The van der Waals surface area contributed by atoms with Gasteiger partial charge in [0.2, 0.25) is 0 Å². The van der Waals surface area contributed by atoms with Gasteiger partial charge in [-0.25, -0.2) is 15.0 Å². The molecule has 35 heavy (non-hydrogen) atoms. The van der Waals surface area contributed by atoms with Gasteiger partial charge in [0.15, 0.2) is 11.2 Å². The zero-order valence-corrected chi connectivity index (χ0v) is 18.1. The molecule has 10 nitrogen and oxygen atoms in total. The highest BCUT2D eigenvalue weighted by molar-refractivity contribution is 6.00. The van der Waals surface area contributed by atoms with E-state index in [9.17, 15) is 13.2 Å². The first kappa shape index (κ1) is 21.1. The van der Waals surface area contributed by atoms with Gasteiger partial charge in [-0.1, -0.05) is 0 Å². The molecule has 0 aliphatic carbocycles. The van der Waals surface area contributed by atoms with E-state index >= 15 is 0 Å². The third-order valence-electron chi connectivity index (χ3n) is 5.99. The van der Waals surface area contributed by atoms with E-state index in [-0.39, 0.29) is 11.8 Å². The number of hydrogen-bond donors (Lipinski definition) is 2. The SMILES string of the molecule is Nc1nc2cc(-c3[nH]nc4ncnc(N5CCN(c6ncccc6C(F)(F)F)CC5)c34)ccc2o1. The van der Waals surface area contributed by atoms with Crippen LogP contribution in [0.25, 0.3) is 33.4 Å². The van der Waals surface area contributed by atoms with Crippen LogP contribution in [0.2, 0.25) is 0 Å². The standard InChI is InChI=1S/C22H18F3N9O/c23-22(24,25)13-2-1-5-27-19(13)33-6-8-34(9-7-33)20-16-17(31-32-18(16)28-11-29-20)12-3-4-15-14(10-12)30-21(26)35-15/h1-5,10-11H,6-9H2,(H2,26,30)(H,28,29,31,32). The van der Waals surface area contributed by atoms with Gasteiger partial charge < -0.3 is 20.0 Å². The Morgan fingerprint density at radius 2 is 1.74 bits per heavy atom. The quantitative estimate of drug-likeness (QED) is 0.398. The molecule has 0 amide bonds. The molecule has 1 fully saturated rings. The summed E-state index contributed by atoms with van der Waals surface area (Å²) in [5.74, 6) is 0.590. The number of nitrogens with zero attached hydrogens (tertiary/aromatic N) is 7. The minimum atomic E-state index is -4.47. The summed E-state index contributed by atoms with van der Waals surface area (Å²) in [5, 5.41) is 8.06. The minimum absolute atomic E-state index is 0.0586. The lowest BCUT2D eigenvalue weighted by Gasteiger charge is -2.37. The number of alkyl halides is 3. The highest BCUT2D eigenvalue weighted by Gasteiger charge is 2.36. The fourth-order valence-electron chi connectivity index (χ4n) is 4.39. The van der Waals surface area contributed by atoms with Crippen LogP contribution in [-0.4, -0.2) is 56.3 Å². The van der Waals surface area contributed by atoms with Crippen molar-refractivity contribution >= 4 is 39.8 Å². The van der Waals surface area contributed by atoms with Crippen molar-refractivity contribution in [3.63, 3.8) is 0 Å². The number of aromatic amines is 1. The number of fused-ring (bicyclic) bond motifs is 2. The fourth-order valence-corrected chi connectivity index (χ4v) is 4.39. The molecule has 1 aliphatic heterocycles. The number of nitrogens with one attached hydrogen (secondary N) is 1. The van der Waals surface area contributed by atoms with Crippen LogP contribution < -0.4 is 15.5 Å².